The molecule has 61 heavy (non-hydrogen) atoms. The zero-order valence-electron chi connectivity index (χ0n) is 32.3. The number of hydrogen-bond acceptors (Lipinski definition) is 14. The van der Waals surface area contributed by atoms with Crippen LogP contribution in [0.3, 0.4) is 0 Å². The van der Waals surface area contributed by atoms with Crippen LogP contribution in [0, 0.1) is 33.3 Å². The SMILES string of the molecule is O.O.O.O=C(OCC(COC(=O)C1CC[N-]CC1)(COC(=O)C1CC[N-]CC1)COC(=O)C1CC[N-]CC1)C1=CC[N-]CC1.O=[N+]([O-])O.ON(O)O.[Ag+].[Ag+].[Ag].[Ag].[Ag].[Ag].[NH2-].[NH2-].[OH3+]. The molecule has 17 N–H and O–H groups in total. The van der Waals surface area contributed by atoms with Crippen molar-refractivity contribution in [2.45, 2.75) is 44.9 Å². The fourth-order valence-corrected chi connectivity index (χ4v) is 5.30. The van der Waals surface area contributed by atoms with Crippen molar-refractivity contribution in [2.75, 3.05) is 78.8 Å². The van der Waals surface area contributed by atoms with Gasteiger partial charge in [-0.3, -0.25) is 30.0 Å². The van der Waals surface area contributed by atoms with E-state index >= 15 is 0 Å². The van der Waals surface area contributed by atoms with Gasteiger partial charge in [0.1, 0.15) is 31.8 Å². The van der Waals surface area contributed by atoms with Crippen LogP contribution in [0.4, 0.5) is 0 Å². The predicted molar refractivity (Wildman–Crippen MR) is 192 cm³/mol. The molecule has 3 saturated heterocycles. The molecular formula is C29H59Ag6N8O18-3. The number of hydrogen-bond donors (Lipinski definition) is 4. The Bertz CT molecular complexity index is 1030. The van der Waals surface area contributed by atoms with Gasteiger partial charge in [0, 0.05) is 95.1 Å². The summed E-state index contributed by atoms with van der Waals surface area (Å²) < 4.78 is 23.0. The molecule has 4 heterocycles. The first kappa shape index (κ1) is 88.4. The molecule has 0 saturated carbocycles. The third-order valence-corrected chi connectivity index (χ3v) is 8.15. The van der Waals surface area contributed by atoms with Crippen LogP contribution in [0.15, 0.2) is 11.6 Å². The van der Waals surface area contributed by atoms with Crippen molar-refractivity contribution in [2.24, 2.45) is 23.2 Å². The fraction of sp³-hybridized carbons (Fsp3) is 0.793. The summed E-state index contributed by atoms with van der Waals surface area (Å²) in [5.74, 6) is -2.51. The second-order valence-corrected chi connectivity index (χ2v) is 11.8. The van der Waals surface area contributed by atoms with Crippen LogP contribution in [-0.4, -0.2) is 150 Å². The molecule has 4 aliphatic heterocycles. The van der Waals surface area contributed by atoms with Gasteiger partial charge >= 0.3 is 68.6 Å². The van der Waals surface area contributed by atoms with E-state index in [-0.39, 0.29) is 231 Å². The van der Waals surface area contributed by atoms with Gasteiger partial charge in [0.15, 0.2) is 0 Å². The van der Waals surface area contributed by atoms with E-state index in [1.165, 1.54) is 0 Å². The van der Waals surface area contributed by atoms with E-state index < -0.39 is 21.9 Å². The van der Waals surface area contributed by atoms with Gasteiger partial charge in [-0.15, -0.1) is 62.5 Å². The molecule has 0 aliphatic carbocycles. The standard InChI is InChI=1S/C29H42N4O8.6Ag.H3NO3.HNO3.2H2N.4H2O/c34-25(21-1-9-30-10-2-21)38-17-29(18-39-26(35)22-3-11-31-12-4-22,19-40-27(36)23-5-13-32-14-6-23)20-41-28(37)24-7-15-33-16-8-24;;;;;;;2*2-1(3)4;;;;;;/h1,22-24H,2-20H2;;;;;;;2-4H;(H,2,3,4);6*1H2/q-4;;;;;2*+1;;;2*-1;;;;/p+1. The number of piperidine rings is 3. The Morgan fingerprint density at radius 1 is 0.639 bits per heavy atom. The van der Waals surface area contributed by atoms with Crippen LogP contribution in [0.2, 0.25) is 0 Å². The molecule has 26 nitrogen and oxygen atoms in total. The summed E-state index contributed by atoms with van der Waals surface area (Å²) in [4.78, 5) is 60.2. The van der Waals surface area contributed by atoms with Gasteiger partial charge in [0.25, 0.3) is 5.09 Å². The van der Waals surface area contributed by atoms with Crippen molar-refractivity contribution in [3.8, 4) is 0 Å². The van der Waals surface area contributed by atoms with Gasteiger partial charge in [0.05, 0.1) is 23.1 Å². The molecule has 3 fully saturated rings. The van der Waals surface area contributed by atoms with Crippen LogP contribution < -0.4 is 0 Å². The van der Waals surface area contributed by atoms with Crippen molar-refractivity contribution in [1.29, 1.82) is 0 Å². The quantitative estimate of drug-likeness (QED) is 0.0511. The Morgan fingerprint density at radius 3 is 1.15 bits per heavy atom. The Kier molecular flexibility index (Phi) is 74.9. The Hall–Kier alpha value is 0.702. The van der Waals surface area contributed by atoms with E-state index in [2.05, 4.69) is 21.3 Å². The number of nitrogens with two attached hydrogens (primary N) is 2. The molecule has 0 spiro atoms. The third kappa shape index (κ3) is 39.6. The predicted octanol–water partition coefficient (Wildman–Crippen LogP) is 0.332. The number of ether oxygens (including phenoxy) is 4. The summed E-state index contributed by atoms with van der Waals surface area (Å²) in [6.07, 6.45) is 5.80. The molecule has 392 valence electrons. The summed E-state index contributed by atoms with van der Waals surface area (Å²) in [7, 11) is 0. The van der Waals surface area contributed by atoms with Gasteiger partial charge in [-0.25, -0.2) is 4.79 Å². The second kappa shape index (κ2) is 51.7. The molecule has 0 amide bonds. The largest absolute Gasteiger partial charge is 1.00 e. The summed E-state index contributed by atoms with van der Waals surface area (Å²) in [5, 5.41) is 50.7. The summed E-state index contributed by atoms with van der Waals surface area (Å²) in [5.41, 5.74) is -0.754. The minimum absolute atomic E-state index is 0. The minimum atomic E-state index is -1.50. The number of rotatable bonds is 12. The molecule has 4 radical (unpaired) electrons. The summed E-state index contributed by atoms with van der Waals surface area (Å²) in [6.45, 7) is 3.60. The maximum absolute atomic E-state index is 13.0. The Morgan fingerprint density at radius 2 is 0.902 bits per heavy atom. The minimum Gasteiger partial charge on any atom is -0.693 e. The Balaban J connectivity index is -0.000000128. The first-order chi connectivity index (χ1) is 23.4. The zero-order valence-corrected chi connectivity index (χ0v) is 41.2. The van der Waals surface area contributed by atoms with E-state index in [4.69, 9.17) is 49.9 Å². The molecular weight excluding hydrogens is 1400 g/mol. The van der Waals surface area contributed by atoms with E-state index in [9.17, 15) is 19.2 Å². The Labute approximate surface area is 447 Å². The van der Waals surface area contributed by atoms with Gasteiger partial charge in [0.2, 0.25) is 0 Å². The normalized spacial score (nSPS) is 15.4. The van der Waals surface area contributed by atoms with E-state index in [0.29, 0.717) is 103 Å². The number of carbonyl (C=O) groups is 4. The van der Waals surface area contributed by atoms with Crippen LogP contribution >= 0.6 is 0 Å². The molecule has 4 rings (SSSR count). The number of carbonyl (C=O) groups excluding carboxylic acids is 4. The maximum Gasteiger partial charge on any atom is 1.00 e. The van der Waals surface area contributed by atoms with Crippen molar-refractivity contribution >= 4 is 23.9 Å². The van der Waals surface area contributed by atoms with E-state index in [1.807, 2.05) is 0 Å². The summed E-state index contributed by atoms with van der Waals surface area (Å²) >= 11 is 0. The van der Waals surface area contributed by atoms with Crippen LogP contribution in [0.25, 0.3) is 33.6 Å². The smallest absolute Gasteiger partial charge is 0.693 e. The molecule has 4 aliphatic rings. The molecule has 0 aromatic carbocycles. The van der Waals surface area contributed by atoms with Gasteiger partial charge in [-0.2, -0.15) is 0 Å². The van der Waals surface area contributed by atoms with Crippen LogP contribution in [0.5, 0.6) is 0 Å². The molecule has 0 unspecified atom stereocenters. The first-order valence-electron chi connectivity index (χ1n) is 16.0. The summed E-state index contributed by atoms with van der Waals surface area (Å²) in [6, 6.07) is 0. The molecule has 32 heteroatoms. The van der Waals surface area contributed by atoms with E-state index in [1.54, 1.807) is 6.08 Å². The average molecular weight is 1460 g/mol. The fourth-order valence-electron chi connectivity index (χ4n) is 5.30. The number of nitrogens with zero attached hydrogens (tertiary/aromatic N) is 6. The topological polar surface area (TPSA) is 483 Å². The maximum atomic E-state index is 13.0. The van der Waals surface area contributed by atoms with Gasteiger partial charge in [-0.05, 0) is 6.42 Å². The monoisotopic (exact) mass is 1450 g/mol. The van der Waals surface area contributed by atoms with Crippen molar-refractivity contribution in [1.82, 2.24) is 5.39 Å². The molecule has 0 bridgehead atoms. The van der Waals surface area contributed by atoms with Crippen molar-refractivity contribution in [3.63, 3.8) is 0 Å². The third-order valence-electron chi connectivity index (χ3n) is 8.15. The van der Waals surface area contributed by atoms with Gasteiger partial charge < -0.3 is 79.6 Å². The zero-order chi connectivity index (χ0) is 36.1. The van der Waals surface area contributed by atoms with Crippen molar-refractivity contribution < 1.29 is 220 Å². The van der Waals surface area contributed by atoms with Crippen LogP contribution in [-0.2, 0) is 178 Å². The van der Waals surface area contributed by atoms with Gasteiger partial charge in [-0.1, -0.05) is 44.6 Å². The molecule has 0 aromatic rings. The number of esters is 4. The van der Waals surface area contributed by atoms with E-state index in [0.717, 1.165) is 0 Å². The van der Waals surface area contributed by atoms with Crippen molar-refractivity contribution in [3.05, 3.63) is 55.3 Å². The molecule has 0 aromatic heterocycles. The van der Waals surface area contributed by atoms with Crippen LogP contribution in [0.1, 0.15) is 44.9 Å². The average Bonchev–Trinajstić information content (AvgIpc) is 3.11. The first-order valence-corrected chi connectivity index (χ1v) is 16.0. The molecule has 0 atom stereocenters. The second-order valence-electron chi connectivity index (χ2n) is 11.8.